The van der Waals surface area contributed by atoms with Crippen LogP contribution in [-0.4, -0.2) is 28.8 Å². The van der Waals surface area contributed by atoms with Gasteiger partial charge in [0.2, 0.25) is 17.8 Å². The highest BCUT2D eigenvalue weighted by atomic mass is 35.5. The van der Waals surface area contributed by atoms with E-state index in [4.69, 9.17) is 16.3 Å². The highest BCUT2D eigenvalue weighted by molar-refractivity contribution is 6.30. The minimum atomic E-state index is -0.370. The van der Waals surface area contributed by atoms with Crippen molar-refractivity contribution in [3.05, 3.63) is 59.1 Å². The zero-order valence-electron chi connectivity index (χ0n) is 15.1. The topological polar surface area (TPSA) is 71.0 Å². The SMILES string of the molecule is CC(C)Oc1ccc(N=C2NC(=O)CC(=O)N2Cc2ccc(Cl)cc2)cc1. The van der Waals surface area contributed by atoms with Crippen LogP contribution in [0.3, 0.4) is 0 Å². The maximum absolute atomic E-state index is 12.4. The van der Waals surface area contributed by atoms with Crippen LogP contribution in [-0.2, 0) is 16.1 Å². The van der Waals surface area contributed by atoms with Crippen LogP contribution < -0.4 is 10.1 Å². The van der Waals surface area contributed by atoms with E-state index in [1.807, 2.05) is 26.0 Å². The molecule has 27 heavy (non-hydrogen) atoms. The number of ether oxygens (including phenoxy) is 1. The fourth-order valence-corrected chi connectivity index (χ4v) is 2.73. The number of carbonyl (C=O) groups excluding carboxylic acids is 2. The molecule has 0 aliphatic carbocycles. The number of hydrogen-bond donors (Lipinski definition) is 1. The van der Waals surface area contributed by atoms with Crippen LogP contribution in [0, 0.1) is 0 Å². The van der Waals surface area contributed by atoms with E-state index in [1.54, 1.807) is 36.4 Å². The molecule has 0 spiro atoms. The van der Waals surface area contributed by atoms with E-state index in [9.17, 15) is 9.59 Å². The Hall–Kier alpha value is -2.86. The summed E-state index contributed by atoms with van der Waals surface area (Å²) >= 11 is 5.91. The second kappa shape index (κ2) is 8.22. The predicted octanol–water partition coefficient (Wildman–Crippen LogP) is 3.66. The first-order valence-electron chi connectivity index (χ1n) is 8.61. The first kappa shape index (κ1) is 18.9. The van der Waals surface area contributed by atoms with E-state index < -0.39 is 0 Å². The molecule has 0 bridgehead atoms. The minimum Gasteiger partial charge on any atom is -0.491 e. The van der Waals surface area contributed by atoms with E-state index in [-0.39, 0.29) is 30.3 Å². The lowest BCUT2D eigenvalue weighted by atomic mass is 10.2. The van der Waals surface area contributed by atoms with Gasteiger partial charge < -0.3 is 4.74 Å². The fourth-order valence-electron chi connectivity index (χ4n) is 2.60. The zero-order valence-corrected chi connectivity index (χ0v) is 15.9. The molecule has 0 saturated carbocycles. The lowest BCUT2D eigenvalue weighted by molar-refractivity contribution is -0.135. The van der Waals surface area contributed by atoms with E-state index in [1.165, 1.54) is 4.90 Å². The van der Waals surface area contributed by atoms with Crippen LogP contribution in [0.2, 0.25) is 5.02 Å². The van der Waals surface area contributed by atoms with E-state index in [0.29, 0.717) is 17.3 Å². The summed E-state index contributed by atoms with van der Waals surface area (Å²) in [4.78, 5) is 30.1. The number of benzene rings is 2. The molecule has 3 rings (SSSR count). The third kappa shape index (κ3) is 5.08. The molecule has 6 nitrogen and oxygen atoms in total. The third-order valence-corrected chi connectivity index (χ3v) is 4.07. The van der Waals surface area contributed by atoms with Crippen LogP contribution in [0.5, 0.6) is 5.75 Å². The molecular formula is C20H20ClN3O3. The summed E-state index contributed by atoms with van der Waals surface area (Å²) in [7, 11) is 0. The Morgan fingerprint density at radius 3 is 2.41 bits per heavy atom. The number of hydrogen-bond acceptors (Lipinski definition) is 4. The van der Waals surface area contributed by atoms with Gasteiger partial charge >= 0.3 is 0 Å². The van der Waals surface area contributed by atoms with Crippen molar-refractivity contribution >= 4 is 35.1 Å². The van der Waals surface area contributed by atoms with Gasteiger partial charge in [0.1, 0.15) is 12.2 Å². The maximum atomic E-state index is 12.4. The van der Waals surface area contributed by atoms with Crippen molar-refractivity contribution in [3.63, 3.8) is 0 Å². The summed E-state index contributed by atoms with van der Waals surface area (Å²) < 4.78 is 5.61. The molecule has 1 heterocycles. The molecule has 2 amide bonds. The number of nitrogens with one attached hydrogen (secondary N) is 1. The average Bonchev–Trinajstić information content (AvgIpc) is 2.61. The number of nitrogens with zero attached hydrogens (tertiary/aromatic N) is 2. The largest absolute Gasteiger partial charge is 0.491 e. The minimum absolute atomic E-state index is 0.0762. The average molecular weight is 386 g/mol. The quantitative estimate of drug-likeness (QED) is 0.798. The van der Waals surface area contributed by atoms with Crippen LogP contribution >= 0.6 is 11.6 Å². The van der Waals surface area contributed by atoms with Crippen LogP contribution in [0.4, 0.5) is 5.69 Å². The Morgan fingerprint density at radius 2 is 1.78 bits per heavy atom. The van der Waals surface area contributed by atoms with Gasteiger partial charge in [-0.2, -0.15) is 0 Å². The molecule has 1 fully saturated rings. The Kier molecular flexibility index (Phi) is 5.76. The normalized spacial score (nSPS) is 16.0. The predicted molar refractivity (Wildman–Crippen MR) is 104 cm³/mol. The van der Waals surface area contributed by atoms with Gasteiger partial charge in [-0.1, -0.05) is 23.7 Å². The summed E-state index contributed by atoms with van der Waals surface area (Å²) in [6.07, 6.45) is -0.124. The van der Waals surface area contributed by atoms with Crippen LogP contribution in [0.25, 0.3) is 0 Å². The van der Waals surface area contributed by atoms with E-state index in [2.05, 4.69) is 10.3 Å². The second-order valence-electron chi connectivity index (χ2n) is 6.43. The molecule has 140 valence electrons. The van der Waals surface area contributed by atoms with Crippen molar-refractivity contribution in [3.8, 4) is 5.75 Å². The molecule has 1 N–H and O–H groups in total. The molecule has 1 aliphatic heterocycles. The lowest BCUT2D eigenvalue weighted by Crippen LogP contribution is -2.53. The van der Waals surface area contributed by atoms with Crippen molar-refractivity contribution in [2.45, 2.75) is 32.9 Å². The molecule has 2 aromatic rings. The number of carbonyl (C=O) groups is 2. The van der Waals surface area contributed by atoms with Gasteiger partial charge in [-0.15, -0.1) is 0 Å². The Morgan fingerprint density at radius 1 is 1.11 bits per heavy atom. The van der Waals surface area contributed by atoms with Crippen molar-refractivity contribution in [2.75, 3.05) is 0 Å². The van der Waals surface area contributed by atoms with Gasteiger partial charge in [0.15, 0.2) is 0 Å². The highest BCUT2D eigenvalue weighted by Crippen LogP contribution is 2.21. The summed E-state index contributed by atoms with van der Waals surface area (Å²) in [5.41, 5.74) is 1.49. The first-order chi connectivity index (χ1) is 12.9. The summed E-state index contributed by atoms with van der Waals surface area (Å²) in [6, 6.07) is 14.3. The molecule has 0 atom stereocenters. The fraction of sp³-hybridized carbons (Fsp3) is 0.250. The Bertz CT molecular complexity index is 861. The van der Waals surface area contributed by atoms with Crippen LogP contribution in [0.15, 0.2) is 53.5 Å². The van der Waals surface area contributed by atoms with Crippen molar-refractivity contribution in [1.82, 2.24) is 10.2 Å². The van der Waals surface area contributed by atoms with Gasteiger partial charge in [-0.3, -0.25) is 19.8 Å². The zero-order chi connectivity index (χ0) is 19.4. The molecular weight excluding hydrogens is 366 g/mol. The Labute approximate surface area is 162 Å². The molecule has 7 heteroatoms. The van der Waals surface area contributed by atoms with Crippen molar-refractivity contribution in [2.24, 2.45) is 4.99 Å². The monoisotopic (exact) mass is 385 g/mol. The van der Waals surface area contributed by atoms with Gasteiger partial charge in [0, 0.05) is 5.02 Å². The summed E-state index contributed by atoms with van der Waals surface area (Å²) in [5.74, 6) is 0.275. The number of amides is 2. The molecule has 1 aliphatic rings. The maximum Gasteiger partial charge on any atom is 0.239 e. The Balaban J connectivity index is 1.84. The van der Waals surface area contributed by atoms with Crippen LogP contribution in [0.1, 0.15) is 25.8 Å². The number of aliphatic imine (C=N–C) groups is 1. The number of rotatable bonds is 5. The standard InChI is InChI=1S/C20H20ClN3O3/c1-13(2)27-17-9-7-16(8-10-17)22-20-23-18(25)11-19(26)24(20)12-14-3-5-15(21)6-4-14/h3-10,13H,11-12H2,1-2H3,(H,22,23,25). The molecule has 0 unspecified atom stereocenters. The molecule has 0 aromatic heterocycles. The lowest BCUT2D eigenvalue weighted by Gasteiger charge is -2.28. The number of halogens is 1. The molecule has 1 saturated heterocycles. The number of guanidine groups is 1. The molecule has 2 aromatic carbocycles. The van der Waals surface area contributed by atoms with Gasteiger partial charge in [-0.05, 0) is 55.8 Å². The highest BCUT2D eigenvalue weighted by Gasteiger charge is 2.29. The van der Waals surface area contributed by atoms with Gasteiger partial charge in [0.25, 0.3) is 0 Å². The van der Waals surface area contributed by atoms with Crippen molar-refractivity contribution in [1.29, 1.82) is 0 Å². The first-order valence-corrected chi connectivity index (χ1v) is 8.98. The van der Waals surface area contributed by atoms with Crippen molar-refractivity contribution < 1.29 is 14.3 Å². The third-order valence-electron chi connectivity index (χ3n) is 3.82. The molecule has 0 radical (unpaired) electrons. The second-order valence-corrected chi connectivity index (χ2v) is 6.86. The smallest absolute Gasteiger partial charge is 0.239 e. The summed E-state index contributed by atoms with van der Waals surface area (Å²) in [5, 5.41) is 3.30. The van der Waals surface area contributed by atoms with Gasteiger partial charge in [0.05, 0.1) is 18.3 Å². The van der Waals surface area contributed by atoms with E-state index >= 15 is 0 Å². The van der Waals surface area contributed by atoms with Gasteiger partial charge in [-0.25, -0.2) is 4.99 Å². The van der Waals surface area contributed by atoms with E-state index in [0.717, 1.165) is 11.3 Å². The summed E-state index contributed by atoms with van der Waals surface area (Å²) in [6.45, 7) is 4.20.